The Labute approximate surface area is 214 Å². The summed E-state index contributed by atoms with van der Waals surface area (Å²) in [6.45, 7) is 9.06. The van der Waals surface area contributed by atoms with E-state index in [0.717, 1.165) is 32.1 Å². The van der Waals surface area contributed by atoms with Gasteiger partial charge in [0, 0.05) is 13.1 Å². The van der Waals surface area contributed by atoms with Gasteiger partial charge in [-0.2, -0.15) is 0 Å². The van der Waals surface area contributed by atoms with Gasteiger partial charge in [-0.1, -0.05) is 30.3 Å². The summed E-state index contributed by atoms with van der Waals surface area (Å²) in [5.41, 5.74) is 0.0283. The maximum atomic E-state index is 13.3. The van der Waals surface area contributed by atoms with Crippen LogP contribution in [0.4, 0.5) is 4.79 Å². The lowest BCUT2D eigenvalue weighted by Crippen LogP contribution is -2.55. The van der Waals surface area contributed by atoms with Crippen LogP contribution in [0, 0.1) is 0 Å². The molecule has 0 bridgehead atoms. The molecule has 2 atom stereocenters. The first-order chi connectivity index (χ1) is 17.0. The van der Waals surface area contributed by atoms with Gasteiger partial charge in [-0.15, -0.1) is 0 Å². The molecular formula is C26H40BN3O6. The molecule has 1 aromatic carbocycles. The fourth-order valence-electron chi connectivity index (χ4n) is 4.59. The number of amides is 3. The highest BCUT2D eigenvalue weighted by molar-refractivity contribution is 6.48. The molecule has 2 fully saturated rings. The Bertz CT molecular complexity index is 888. The van der Waals surface area contributed by atoms with Gasteiger partial charge in [0.1, 0.15) is 6.04 Å². The number of aryl methyl sites for hydroxylation is 1. The third kappa shape index (κ3) is 7.46. The van der Waals surface area contributed by atoms with Gasteiger partial charge in [-0.3, -0.25) is 9.59 Å². The molecule has 3 rings (SSSR count). The Morgan fingerprint density at radius 1 is 1.00 bits per heavy atom. The second-order valence-electron chi connectivity index (χ2n) is 10.8. The number of carbonyl (C=O) groups excluding carboxylic acids is 2. The van der Waals surface area contributed by atoms with Gasteiger partial charge in [0.25, 0.3) is 0 Å². The first kappa shape index (κ1) is 28.0. The first-order valence-electron chi connectivity index (χ1n) is 13.0. The fourth-order valence-corrected chi connectivity index (χ4v) is 4.59. The molecule has 0 saturated carbocycles. The maximum absolute atomic E-state index is 13.3. The highest BCUT2D eigenvalue weighted by Crippen LogP contribution is 2.38. The van der Waals surface area contributed by atoms with Crippen LogP contribution in [0.25, 0.3) is 0 Å². The van der Waals surface area contributed by atoms with E-state index >= 15 is 0 Å². The lowest BCUT2D eigenvalue weighted by atomic mass is 9.75. The second-order valence-corrected chi connectivity index (χ2v) is 10.8. The SMILES string of the molecule is CC1(C)OB(C(CCCc2ccccc2)NC(=O)C(CC(=O)N2CCCCC2)NC(=O)O)OC1(C)C. The summed E-state index contributed by atoms with van der Waals surface area (Å²) < 4.78 is 12.4. The Balaban J connectivity index is 1.70. The van der Waals surface area contributed by atoms with Gasteiger partial charge >= 0.3 is 13.2 Å². The molecule has 2 aliphatic heterocycles. The van der Waals surface area contributed by atoms with E-state index in [-0.39, 0.29) is 12.3 Å². The highest BCUT2D eigenvalue weighted by atomic mass is 16.7. The molecule has 1 aromatic rings. The minimum atomic E-state index is -1.35. The standard InChI is InChI=1S/C26H40BN3O6/c1-25(2)26(3,4)36-27(35-25)21(15-11-14-19-12-7-5-8-13-19)29-23(32)20(28-24(33)34)18-22(31)30-16-9-6-10-17-30/h5,7-8,12-13,20-21,28H,6,9-11,14-18H2,1-4H3,(H,29,32)(H,33,34). The minimum Gasteiger partial charge on any atom is -0.465 e. The molecule has 10 heteroatoms. The van der Waals surface area contributed by atoms with Crippen LogP contribution in [-0.2, 0) is 25.3 Å². The van der Waals surface area contributed by atoms with Gasteiger partial charge < -0.3 is 29.9 Å². The van der Waals surface area contributed by atoms with Crippen molar-refractivity contribution in [1.29, 1.82) is 0 Å². The van der Waals surface area contributed by atoms with Crippen molar-refractivity contribution >= 4 is 25.0 Å². The summed E-state index contributed by atoms with van der Waals surface area (Å²) in [6.07, 6.45) is 3.48. The number of rotatable bonds is 10. The molecule has 2 saturated heterocycles. The van der Waals surface area contributed by atoms with Crippen molar-refractivity contribution in [2.45, 2.75) is 95.8 Å². The van der Waals surface area contributed by atoms with E-state index in [4.69, 9.17) is 9.31 Å². The fraction of sp³-hybridized carbons (Fsp3) is 0.654. The summed E-state index contributed by atoms with van der Waals surface area (Å²) in [5.74, 6) is -1.28. The van der Waals surface area contributed by atoms with Gasteiger partial charge in [0.05, 0.1) is 23.6 Å². The molecule has 36 heavy (non-hydrogen) atoms. The van der Waals surface area contributed by atoms with Crippen LogP contribution in [-0.4, -0.2) is 71.3 Å². The van der Waals surface area contributed by atoms with E-state index < -0.39 is 42.3 Å². The predicted octanol–water partition coefficient (Wildman–Crippen LogP) is 3.16. The van der Waals surface area contributed by atoms with Crippen LogP contribution in [0.1, 0.15) is 71.8 Å². The third-order valence-electron chi connectivity index (χ3n) is 7.45. The van der Waals surface area contributed by atoms with Gasteiger partial charge in [0.2, 0.25) is 11.8 Å². The smallest absolute Gasteiger partial charge is 0.465 e. The average Bonchev–Trinajstić information content (AvgIpc) is 3.05. The summed E-state index contributed by atoms with van der Waals surface area (Å²) in [4.78, 5) is 39.3. The highest BCUT2D eigenvalue weighted by Gasteiger charge is 2.54. The zero-order chi connectivity index (χ0) is 26.3. The van der Waals surface area contributed by atoms with Crippen molar-refractivity contribution in [3.8, 4) is 0 Å². The van der Waals surface area contributed by atoms with Crippen molar-refractivity contribution < 1.29 is 28.8 Å². The lowest BCUT2D eigenvalue weighted by Gasteiger charge is -2.32. The van der Waals surface area contributed by atoms with Crippen LogP contribution in [0.15, 0.2) is 30.3 Å². The van der Waals surface area contributed by atoms with E-state index in [1.807, 2.05) is 45.9 Å². The summed E-state index contributed by atoms with van der Waals surface area (Å²) in [5, 5.41) is 14.5. The van der Waals surface area contributed by atoms with E-state index in [9.17, 15) is 19.5 Å². The number of benzene rings is 1. The average molecular weight is 501 g/mol. The summed E-state index contributed by atoms with van der Waals surface area (Å²) >= 11 is 0. The molecule has 3 N–H and O–H groups in total. The number of carboxylic acid groups (broad SMARTS) is 1. The Kier molecular flexibility index (Phi) is 9.41. The topological polar surface area (TPSA) is 117 Å². The molecule has 198 valence electrons. The molecular weight excluding hydrogens is 461 g/mol. The molecule has 0 aromatic heterocycles. The summed E-state index contributed by atoms with van der Waals surface area (Å²) in [7, 11) is -0.696. The zero-order valence-corrected chi connectivity index (χ0v) is 21.9. The van der Waals surface area contributed by atoms with Crippen LogP contribution < -0.4 is 10.6 Å². The van der Waals surface area contributed by atoms with Crippen molar-refractivity contribution in [3.05, 3.63) is 35.9 Å². The molecule has 0 radical (unpaired) electrons. The molecule has 2 unspecified atom stereocenters. The van der Waals surface area contributed by atoms with Crippen LogP contribution in [0.3, 0.4) is 0 Å². The summed E-state index contributed by atoms with van der Waals surface area (Å²) in [6, 6.07) is 8.87. The van der Waals surface area contributed by atoms with Crippen molar-refractivity contribution in [2.24, 2.45) is 0 Å². The third-order valence-corrected chi connectivity index (χ3v) is 7.45. The number of nitrogens with one attached hydrogen (secondary N) is 2. The zero-order valence-electron chi connectivity index (χ0n) is 21.9. The molecule has 2 heterocycles. The Morgan fingerprint density at radius 2 is 1.61 bits per heavy atom. The van der Waals surface area contributed by atoms with Gasteiger partial charge in [0.15, 0.2) is 0 Å². The minimum absolute atomic E-state index is 0.222. The van der Waals surface area contributed by atoms with E-state index in [1.165, 1.54) is 5.56 Å². The molecule has 0 spiro atoms. The van der Waals surface area contributed by atoms with Crippen molar-refractivity contribution in [3.63, 3.8) is 0 Å². The number of hydrogen-bond donors (Lipinski definition) is 3. The molecule has 9 nitrogen and oxygen atoms in total. The van der Waals surface area contributed by atoms with Crippen molar-refractivity contribution in [2.75, 3.05) is 13.1 Å². The van der Waals surface area contributed by atoms with Gasteiger partial charge in [-0.25, -0.2) is 4.79 Å². The lowest BCUT2D eigenvalue weighted by molar-refractivity contribution is -0.135. The number of carbonyl (C=O) groups is 3. The number of piperidine rings is 1. The van der Waals surface area contributed by atoms with Crippen LogP contribution in [0.5, 0.6) is 0 Å². The first-order valence-corrected chi connectivity index (χ1v) is 13.0. The second kappa shape index (κ2) is 12.1. The van der Waals surface area contributed by atoms with E-state index in [1.54, 1.807) is 4.90 Å². The van der Waals surface area contributed by atoms with Crippen molar-refractivity contribution in [1.82, 2.24) is 15.5 Å². The van der Waals surface area contributed by atoms with E-state index in [0.29, 0.717) is 19.5 Å². The Hall–Kier alpha value is -2.59. The predicted molar refractivity (Wildman–Crippen MR) is 137 cm³/mol. The van der Waals surface area contributed by atoms with Crippen LogP contribution >= 0.6 is 0 Å². The van der Waals surface area contributed by atoms with Gasteiger partial charge in [-0.05, 0) is 71.8 Å². The maximum Gasteiger partial charge on any atom is 0.481 e. The molecule has 3 amide bonds. The largest absolute Gasteiger partial charge is 0.481 e. The Morgan fingerprint density at radius 3 is 2.19 bits per heavy atom. The number of hydrogen-bond acceptors (Lipinski definition) is 5. The number of nitrogens with zero attached hydrogens (tertiary/aromatic N) is 1. The molecule has 2 aliphatic rings. The van der Waals surface area contributed by atoms with E-state index in [2.05, 4.69) is 22.8 Å². The quantitative estimate of drug-likeness (QED) is 0.424. The monoisotopic (exact) mass is 501 g/mol. The normalized spacial score (nSPS) is 20.4. The number of likely N-dealkylation sites (tertiary alicyclic amines) is 1. The molecule has 0 aliphatic carbocycles. The van der Waals surface area contributed by atoms with Crippen LogP contribution in [0.2, 0.25) is 0 Å².